The summed E-state index contributed by atoms with van der Waals surface area (Å²) in [4.78, 5) is 8.48. The molecule has 2 aromatic rings. The van der Waals surface area contributed by atoms with Gasteiger partial charge in [-0.05, 0) is 18.4 Å². The van der Waals surface area contributed by atoms with Gasteiger partial charge in [-0.15, -0.1) is 0 Å². The number of nitrogens with two attached hydrogens (primary N) is 1. The molecule has 5 nitrogen and oxygen atoms in total. The molecule has 0 aliphatic heterocycles. The monoisotopic (exact) mass is 245 g/mol. The summed E-state index contributed by atoms with van der Waals surface area (Å²) in [5.41, 5.74) is 8.87. The molecule has 0 amide bonds. The lowest BCUT2D eigenvalue weighted by atomic mass is 10.0. The van der Waals surface area contributed by atoms with E-state index < -0.39 is 0 Å². The minimum atomic E-state index is 0.283. The average molecular weight is 245 g/mol. The zero-order valence-electron chi connectivity index (χ0n) is 11.1. The summed E-state index contributed by atoms with van der Waals surface area (Å²) in [6, 6.07) is 1.98. The van der Waals surface area contributed by atoms with Crippen molar-refractivity contribution in [3.05, 3.63) is 24.2 Å². The maximum atomic E-state index is 5.97. The number of anilines is 1. The number of aryl methyl sites for hydroxylation is 1. The fraction of sp³-hybridized carbons (Fsp3) is 0.462. The highest BCUT2D eigenvalue weighted by Crippen LogP contribution is 2.30. The molecule has 96 valence electrons. The van der Waals surface area contributed by atoms with Crippen LogP contribution in [-0.4, -0.2) is 19.7 Å². The Balaban J connectivity index is 2.56. The standard InChI is InChI=1S/C13H19N5/c1-4-7-18-10(5-6-17-18)12-11(9(2)3)13(14)16-8-15-12/h5-6,8-9H,4,7H2,1-3H3,(H2,14,15,16). The summed E-state index contributed by atoms with van der Waals surface area (Å²) in [6.45, 7) is 7.20. The number of aromatic nitrogens is 4. The summed E-state index contributed by atoms with van der Waals surface area (Å²) in [7, 11) is 0. The van der Waals surface area contributed by atoms with Crippen LogP contribution in [0, 0.1) is 0 Å². The number of rotatable bonds is 4. The van der Waals surface area contributed by atoms with Crippen LogP contribution in [-0.2, 0) is 6.54 Å². The average Bonchev–Trinajstić information content (AvgIpc) is 2.76. The van der Waals surface area contributed by atoms with Crippen molar-refractivity contribution in [2.75, 3.05) is 5.73 Å². The molecule has 0 spiro atoms. The molecule has 0 radical (unpaired) electrons. The Morgan fingerprint density at radius 3 is 2.78 bits per heavy atom. The second-order valence-electron chi connectivity index (χ2n) is 4.62. The lowest BCUT2D eigenvalue weighted by molar-refractivity contribution is 0.607. The van der Waals surface area contributed by atoms with Gasteiger partial charge in [0.2, 0.25) is 0 Å². The first kappa shape index (κ1) is 12.5. The molecule has 0 bridgehead atoms. The van der Waals surface area contributed by atoms with E-state index in [-0.39, 0.29) is 5.92 Å². The Kier molecular flexibility index (Phi) is 3.60. The largest absolute Gasteiger partial charge is 0.383 e. The fourth-order valence-electron chi connectivity index (χ4n) is 2.11. The Morgan fingerprint density at radius 1 is 1.33 bits per heavy atom. The van der Waals surface area contributed by atoms with Gasteiger partial charge in [-0.2, -0.15) is 5.10 Å². The Bertz CT molecular complexity index is 530. The van der Waals surface area contributed by atoms with Crippen LogP contribution in [0.3, 0.4) is 0 Å². The van der Waals surface area contributed by atoms with Crippen LogP contribution in [0.5, 0.6) is 0 Å². The Hall–Kier alpha value is -1.91. The second-order valence-corrected chi connectivity index (χ2v) is 4.62. The molecule has 2 heterocycles. The second kappa shape index (κ2) is 5.16. The molecule has 0 fully saturated rings. The van der Waals surface area contributed by atoms with Crippen molar-refractivity contribution in [1.82, 2.24) is 19.7 Å². The van der Waals surface area contributed by atoms with Crippen LogP contribution < -0.4 is 5.73 Å². The van der Waals surface area contributed by atoms with E-state index in [1.165, 1.54) is 6.33 Å². The fourth-order valence-corrected chi connectivity index (χ4v) is 2.11. The SMILES string of the molecule is CCCn1nccc1-c1ncnc(N)c1C(C)C. The highest BCUT2D eigenvalue weighted by molar-refractivity contribution is 5.65. The molecule has 2 N–H and O–H groups in total. The van der Waals surface area contributed by atoms with Crippen molar-refractivity contribution >= 4 is 5.82 Å². The summed E-state index contributed by atoms with van der Waals surface area (Å²) in [6.07, 6.45) is 4.35. The number of nitrogens with zero attached hydrogens (tertiary/aromatic N) is 4. The van der Waals surface area contributed by atoms with Crippen LogP contribution in [0.4, 0.5) is 5.82 Å². The van der Waals surface area contributed by atoms with Crippen molar-refractivity contribution in [2.24, 2.45) is 0 Å². The summed E-state index contributed by atoms with van der Waals surface area (Å²) in [5.74, 6) is 0.838. The number of nitrogen functional groups attached to an aromatic ring is 1. The van der Waals surface area contributed by atoms with E-state index in [1.807, 2.05) is 10.7 Å². The van der Waals surface area contributed by atoms with Crippen LogP contribution in [0.2, 0.25) is 0 Å². The van der Waals surface area contributed by atoms with Crippen LogP contribution in [0.1, 0.15) is 38.7 Å². The van der Waals surface area contributed by atoms with Crippen LogP contribution >= 0.6 is 0 Å². The first-order valence-electron chi connectivity index (χ1n) is 6.27. The van der Waals surface area contributed by atoms with Crippen molar-refractivity contribution in [1.29, 1.82) is 0 Å². The summed E-state index contributed by atoms with van der Waals surface area (Å²) >= 11 is 0. The van der Waals surface area contributed by atoms with Gasteiger partial charge in [0.05, 0.1) is 11.4 Å². The zero-order valence-corrected chi connectivity index (χ0v) is 11.1. The topological polar surface area (TPSA) is 69.6 Å². The molecule has 5 heteroatoms. The molecule has 0 saturated carbocycles. The van der Waals surface area contributed by atoms with Crippen molar-refractivity contribution < 1.29 is 0 Å². The van der Waals surface area contributed by atoms with E-state index in [2.05, 4.69) is 35.8 Å². The van der Waals surface area contributed by atoms with Gasteiger partial charge >= 0.3 is 0 Å². The minimum Gasteiger partial charge on any atom is -0.383 e. The molecule has 2 rings (SSSR count). The third-order valence-corrected chi connectivity index (χ3v) is 2.89. The number of hydrogen-bond donors (Lipinski definition) is 1. The summed E-state index contributed by atoms with van der Waals surface area (Å²) in [5, 5.41) is 4.33. The van der Waals surface area contributed by atoms with Gasteiger partial charge in [0.15, 0.2) is 0 Å². The Morgan fingerprint density at radius 2 is 2.11 bits per heavy atom. The summed E-state index contributed by atoms with van der Waals surface area (Å²) < 4.78 is 1.97. The molecular weight excluding hydrogens is 226 g/mol. The Labute approximate surface area is 107 Å². The molecule has 0 aliphatic rings. The highest BCUT2D eigenvalue weighted by atomic mass is 15.3. The minimum absolute atomic E-state index is 0.283. The van der Waals surface area contributed by atoms with Crippen LogP contribution in [0.25, 0.3) is 11.4 Å². The molecular formula is C13H19N5. The van der Waals surface area contributed by atoms with Gasteiger partial charge in [0.25, 0.3) is 0 Å². The van der Waals surface area contributed by atoms with Gasteiger partial charge in [0.1, 0.15) is 12.1 Å². The first-order chi connectivity index (χ1) is 8.65. The molecule has 18 heavy (non-hydrogen) atoms. The molecule has 0 aromatic carbocycles. The smallest absolute Gasteiger partial charge is 0.130 e. The highest BCUT2D eigenvalue weighted by Gasteiger charge is 2.17. The van der Waals surface area contributed by atoms with Crippen molar-refractivity contribution in [3.63, 3.8) is 0 Å². The van der Waals surface area contributed by atoms with Gasteiger partial charge in [-0.1, -0.05) is 20.8 Å². The van der Waals surface area contributed by atoms with E-state index in [4.69, 9.17) is 5.73 Å². The van der Waals surface area contributed by atoms with Gasteiger partial charge in [0, 0.05) is 18.3 Å². The van der Waals surface area contributed by atoms with Gasteiger partial charge < -0.3 is 5.73 Å². The predicted molar refractivity (Wildman–Crippen MR) is 72.0 cm³/mol. The quantitative estimate of drug-likeness (QED) is 0.898. The molecule has 0 aliphatic carbocycles. The normalized spacial score (nSPS) is 11.1. The lowest BCUT2D eigenvalue weighted by Gasteiger charge is -2.14. The van der Waals surface area contributed by atoms with Crippen molar-refractivity contribution in [2.45, 2.75) is 39.7 Å². The molecule has 0 saturated heterocycles. The maximum absolute atomic E-state index is 5.97. The van der Waals surface area contributed by atoms with Crippen LogP contribution in [0.15, 0.2) is 18.6 Å². The molecule has 0 atom stereocenters. The predicted octanol–water partition coefficient (Wildman–Crippen LogP) is 2.46. The van der Waals surface area contributed by atoms with Gasteiger partial charge in [-0.3, -0.25) is 4.68 Å². The van der Waals surface area contributed by atoms with E-state index in [9.17, 15) is 0 Å². The molecule has 0 unspecified atom stereocenters. The third kappa shape index (κ3) is 2.20. The van der Waals surface area contributed by atoms with E-state index in [0.717, 1.165) is 29.9 Å². The lowest BCUT2D eigenvalue weighted by Crippen LogP contribution is -2.08. The number of hydrogen-bond acceptors (Lipinski definition) is 4. The molecule has 2 aromatic heterocycles. The van der Waals surface area contributed by atoms with E-state index >= 15 is 0 Å². The van der Waals surface area contributed by atoms with E-state index in [0.29, 0.717) is 5.82 Å². The van der Waals surface area contributed by atoms with Crippen molar-refractivity contribution in [3.8, 4) is 11.4 Å². The maximum Gasteiger partial charge on any atom is 0.130 e. The first-order valence-corrected chi connectivity index (χ1v) is 6.27. The zero-order chi connectivity index (χ0) is 13.1. The third-order valence-electron chi connectivity index (χ3n) is 2.89. The van der Waals surface area contributed by atoms with Gasteiger partial charge in [-0.25, -0.2) is 9.97 Å². The van der Waals surface area contributed by atoms with E-state index in [1.54, 1.807) is 6.20 Å².